The lowest BCUT2D eigenvalue weighted by molar-refractivity contribution is -0.137. The molecule has 1 aromatic rings. The smallest absolute Gasteiger partial charge is 0.387 e. The molecule has 0 unspecified atom stereocenters. The molecule has 1 amide bonds. The Morgan fingerprint density at radius 2 is 2.21 bits per heavy atom. The summed E-state index contributed by atoms with van der Waals surface area (Å²) in [6, 6.07) is 1.36. The molecular weight excluding hydrogens is 280 g/mol. The number of nitrogens with one attached hydrogen (secondary N) is 1. The van der Waals surface area contributed by atoms with Crippen LogP contribution in [0.1, 0.15) is 27.4 Å². The Kier molecular flexibility index (Phi) is 5.68. The molecule has 0 aliphatic rings. The minimum Gasteiger partial charge on any atom is -0.481 e. The zero-order valence-corrected chi connectivity index (χ0v) is 10.9. The molecule has 106 valence electrons. The second-order valence-electron chi connectivity index (χ2n) is 3.68. The van der Waals surface area contributed by atoms with Crippen molar-refractivity contribution < 1.29 is 28.2 Å². The summed E-state index contributed by atoms with van der Waals surface area (Å²) in [5.74, 6) is -1.66. The Hall–Kier alpha value is -1.70. The van der Waals surface area contributed by atoms with Gasteiger partial charge >= 0.3 is 12.6 Å². The van der Waals surface area contributed by atoms with Crippen molar-refractivity contribution in [2.24, 2.45) is 0 Å². The van der Waals surface area contributed by atoms with Gasteiger partial charge in [0.2, 0.25) is 0 Å². The van der Waals surface area contributed by atoms with Crippen LogP contribution in [0.15, 0.2) is 6.07 Å². The number of carbonyl (C=O) groups excluding carboxylic acids is 1. The fourth-order valence-electron chi connectivity index (χ4n) is 1.35. The van der Waals surface area contributed by atoms with E-state index < -0.39 is 18.5 Å². The minimum absolute atomic E-state index is 0.0631. The SMILES string of the molecule is Cc1cc(OC(F)F)c(C(=O)NCCCC(=O)O)s1. The third-order valence-electron chi connectivity index (χ3n) is 2.10. The van der Waals surface area contributed by atoms with E-state index in [4.69, 9.17) is 5.11 Å². The van der Waals surface area contributed by atoms with Crippen molar-refractivity contribution >= 4 is 23.2 Å². The molecule has 0 bridgehead atoms. The Balaban J connectivity index is 2.58. The summed E-state index contributed by atoms with van der Waals surface area (Å²) in [7, 11) is 0. The monoisotopic (exact) mass is 293 g/mol. The van der Waals surface area contributed by atoms with Crippen LogP contribution in [-0.2, 0) is 4.79 Å². The van der Waals surface area contributed by atoms with E-state index in [1.54, 1.807) is 6.92 Å². The van der Waals surface area contributed by atoms with Gasteiger partial charge in [-0.15, -0.1) is 11.3 Å². The maximum atomic E-state index is 12.2. The van der Waals surface area contributed by atoms with Crippen LogP contribution < -0.4 is 10.1 Å². The van der Waals surface area contributed by atoms with Gasteiger partial charge in [-0.3, -0.25) is 9.59 Å². The Morgan fingerprint density at radius 3 is 2.79 bits per heavy atom. The third-order valence-corrected chi connectivity index (χ3v) is 3.13. The van der Waals surface area contributed by atoms with Gasteiger partial charge in [0.05, 0.1) is 0 Å². The molecule has 19 heavy (non-hydrogen) atoms. The predicted molar refractivity (Wildman–Crippen MR) is 64.9 cm³/mol. The third kappa shape index (κ3) is 5.21. The van der Waals surface area contributed by atoms with Crippen LogP contribution in [0.25, 0.3) is 0 Å². The van der Waals surface area contributed by atoms with Crippen molar-refractivity contribution in [2.45, 2.75) is 26.4 Å². The van der Waals surface area contributed by atoms with Crippen molar-refractivity contribution in [3.63, 3.8) is 0 Å². The first kappa shape index (κ1) is 15.4. The van der Waals surface area contributed by atoms with Gasteiger partial charge in [0, 0.05) is 17.8 Å². The van der Waals surface area contributed by atoms with Gasteiger partial charge in [-0.05, 0) is 19.4 Å². The molecule has 2 N–H and O–H groups in total. The van der Waals surface area contributed by atoms with Crippen molar-refractivity contribution in [2.75, 3.05) is 6.54 Å². The lowest BCUT2D eigenvalue weighted by atomic mass is 10.3. The molecule has 0 spiro atoms. The standard InChI is InChI=1S/C11H13F2NO4S/c1-6-5-7(18-11(12)13)9(19-6)10(17)14-4-2-3-8(15)16/h5,11H,2-4H2,1H3,(H,14,17)(H,15,16). The number of hydrogen-bond acceptors (Lipinski definition) is 4. The van der Waals surface area contributed by atoms with Gasteiger partial charge in [-0.1, -0.05) is 0 Å². The van der Waals surface area contributed by atoms with Gasteiger partial charge in [0.15, 0.2) is 0 Å². The van der Waals surface area contributed by atoms with Gasteiger partial charge in [0.1, 0.15) is 10.6 Å². The molecule has 0 atom stereocenters. The van der Waals surface area contributed by atoms with Crippen LogP contribution in [0, 0.1) is 6.92 Å². The number of aryl methyl sites for hydroxylation is 1. The minimum atomic E-state index is -2.99. The predicted octanol–water partition coefficient (Wildman–Crippen LogP) is 2.25. The summed E-state index contributed by atoms with van der Waals surface area (Å²) in [4.78, 5) is 22.7. The fourth-order valence-corrected chi connectivity index (χ4v) is 2.21. The first-order valence-electron chi connectivity index (χ1n) is 5.45. The number of halogens is 2. The van der Waals surface area contributed by atoms with E-state index >= 15 is 0 Å². The van der Waals surface area contributed by atoms with Crippen molar-refractivity contribution in [1.29, 1.82) is 0 Å². The fraction of sp³-hybridized carbons (Fsp3) is 0.455. The number of amides is 1. The summed E-state index contributed by atoms with van der Waals surface area (Å²) < 4.78 is 28.6. The van der Waals surface area contributed by atoms with Crippen LogP contribution >= 0.6 is 11.3 Å². The number of ether oxygens (including phenoxy) is 1. The maximum absolute atomic E-state index is 12.2. The maximum Gasteiger partial charge on any atom is 0.387 e. The average Bonchev–Trinajstić information content (AvgIpc) is 2.64. The zero-order valence-electron chi connectivity index (χ0n) is 10.1. The molecule has 0 aromatic carbocycles. The van der Waals surface area contributed by atoms with Crippen LogP contribution in [0.2, 0.25) is 0 Å². The summed E-state index contributed by atoms with van der Waals surface area (Å²) in [6.45, 7) is -1.16. The van der Waals surface area contributed by atoms with Crippen LogP contribution in [0.4, 0.5) is 8.78 Å². The lowest BCUT2D eigenvalue weighted by Crippen LogP contribution is -2.24. The topological polar surface area (TPSA) is 75.6 Å². The molecule has 0 saturated carbocycles. The molecule has 0 aliphatic carbocycles. The number of hydrogen-bond donors (Lipinski definition) is 2. The summed E-state index contributed by atoms with van der Waals surface area (Å²) in [5, 5.41) is 10.9. The number of rotatable bonds is 7. The molecule has 1 aromatic heterocycles. The Labute approximate surface area is 112 Å². The molecule has 0 fully saturated rings. The summed E-state index contributed by atoms with van der Waals surface area (Å²) in [5.41, 5.74) is 0. The van der Waals surface area contributed by atoms with Gasteiger partial charge in [-0.25, -0.2) is 0 Å². The number of carboxylic acid groups (broad SMARTS) is 1. The number of alkyl halides is 2. The lowest BCUT2D eigenvalue weighted by Gasteiger charge is -2.06. The average molecular weight is 293 g/mol. The first-order valence-corrected chi connectivity index (χ1v) is 6.27. The summed E-state index contributed by atoms with van der Waals surface area (Å²) >= 11 is 1.04. The molecule has 0 saturated heterocycles. The number of aliphatic carboxylic acids is 1. The second kappa shape index (κ2) is 7.03. The van der Waals surface area contributed by atoms with E-state index in [9.17, 15) is 18.4 Å². The van der Waals surface area contributed by atoms with E-state index in [2.05, 4.69) is 10.1 Å². The largest absolute Gasteiger partial charge is 0.481 e. The Bertz CT molecular complexity index is 462. The molecule has 1 heterocycles. The quantitative estimate of drug-likeness (QED) is 0.756. The molecule has 8 heteroatoms. The normalized spacial score (nSPS) is 10.5. The first-order chi connectivity index (χ1) is 8.90. The van der Waals surface area contributed by atoms with E-state index in [0.29, 0.717) is 4.88 Å². The second-order valence-corrected chi connectivity index (χ2v) is 4.94. The molecule has 0 aliphatic heterocycles. The highest BCUT2D eigenvalue weighted by Gasteiger charge is 2.18. The number of thiophene rings is 1. The van der Waals surface area contributed by atoms with Crippen molar-refractivity contribution in [3.8, 4) is 5.75 Å². The number of carbonyl (C=O) groups is 2. The highest BCUT2D eigenvalue weighted by atomic mass is 32.1. The highest BCUT2D eigenvalue weighted by molar-refractivity contribution is 7.14. The van der Waals surface area contributed by atoms with Crippen LogP contribution in [-0.4, -0.2) is 30.1 Å². The molecule has 5 nitrogen and oxygen atoms in total. The highest BCUT2D eigenvalue weighted by Crippen LogP contribution is 2.30. The zero-order chi connectivity index (χ0) is 14.4. The van der Waals surface area contributed by atoms with E-state index in [1.807, 2.05) is 0 Å². The van der Waals surface area contributed by atoms with E-state index in [0.717, 1.165) is 11.3 Å². The van der Waals surface area contributed by atoms with Gasteiger partial charge in [-0.2, -0.15) is 8.78 Å². The van der Waals surface area contributed by atoms with Gasteiger partial charge < -0.3 is 15.2 Å². The summed E-state index contributed by atoms with van der Waals surface area (Å²) in [6.07, 6.45) is 0.209. The van der Waals surface area contributed by atoms with Crippen molar-refractivity contribution in [3.05, 3.63) is 15.8 Å². The van der Waals surface area contributed by atoms with E-state index in [-0.39, 0.29) is 30.0 Å². The van der Waals surface area contributed by atoms with Gasteiger partial charge in [0.25, 0.3) is 5.91 Å². The molecule has 0 radical (unpaired) electrons. The van der Waals surface area contributed by atoms with Crippen molar-refractivity contribution in [1.82, 2.24) is 5.32 Å². The number of carboxylic acids is 1. The van der Waals surface area contributed by atoms with E-state index in [1.165, 1.54) is 6.07 Å². The van der Waals surface area contributed by atoms with Crippen LogP contribution in [0.5, 0.6) is 5.75 Å². The molecular formula is C11H13F2NO4S. The van der Waals surface area contributed by atoms with Crippen LogP contribution in [0.3, 0.4) is 0 Å². The Morgan fingerprint density at radius 1 is 1.53 bits per heavy atom. The molecule has 1 rings (SSSR count).